The molecule has 3 aromatic heterocycles. The SMILES string of the molecule is Cn1c(-c2cccc([Si](c3ccccc3)(c3ccccc3)c3cccc(-n4c5ccccc5c5c6c(cnc54)C(C)(C)c4ccccc4N6c4ccccc4)c3)c2)nc2ccccc21. The van der Waals surface area contributed by atoms with Crippen molar-refractivity contribution in [2.45, 2.75) is 19.3 Å². The summed E-state index contributed by atoms with van der Waals surface area (Å²) < 4.78 is 4.62. The molecular formula is C58H45N5Si. The van der Waals surface area contributed by atoms with Gasteiger partial charge in [-0.15, -0.1) is 0 Å². The molecular weight excluding hydrogens is 795 g/mol. The molecule has 306 valence electrons. The molecule has 64 heavy (non-hydrogen) atoms. The zero-order chi connectivity index (χ0) is 43.0. The third kappa shape index (κ3) is 5.55. The molecule has 0 aliphatic carbocycles. The van der Waals surface area contributed by atoms with Crippen molar-refractivity contribution in [1.82, 2.24) is 19.1 Å². The van der Waals surface area contributed by atoms with Gasteiger partial charge in [-0.05, 0) is 74.8 Å². The lowest BCUT2D eigenvalue weighted by molar-refractivity contribution is 0.630. The van der Waals surface area contributed by atoms with Crippen LogP contribution in [-0.2, 0) is 12.5 Å². The Balaban J connectivity index is 1.13. The van der Waals surface area contributed by atoms with Crippen molar-refractivity contribution in [3.63, 3.8) is 0 Å². The number of para-hydroxylation sites is 5. The number of rotatable bonds is 7. The van der Waals surface area contributed by atoms with Crippen LogP contribution in [0.5, 0.6) is 0 Å². The predicted octanol–water partition coefficient (Wildman–Crippen LogP) is 11.2. The molecule has 0 spiro atoms. The highest BCUT2D eigenvalue weighted by atomic mass is 28.3. The molecule has 0 amide bonds. The highest BCUT2D eigenvalue weighted by Gasteiger charge is 2.43. The van der Waals surface area contributed by atoms with Crippen LogP contribution in [0.25, 0.3) is 50.0 Å². The first-order chi connectivity index (χ1) is 31.4. The monoisotopic (exact) mass is 839 g/mol. The zero-order valence-corrected chi connectivity index (χ0v) is 37.0. The number of aromatic nitrogens is 4. The van der Waals surface area contributed by atoms with E-state index in [9.17, 15) is 0 Å². The highest BCUT2D eigenvalue weighted by molar-refractivity contribution is 7.20. The van der Waals surface area contributed by atoms with E-state index in [0.29, 0.717) is 0 Å². The van der Waals surface area contributed by atoms with Crippen LogP contribution in [0, 0.1) is 0 Å². The molecule has 0 atom stereocenters. The summed E-state index contributed by atoms with van der Waals surface area (Å²) in [6, 6.07) is 77.8. The maximum absolute atomic E-state index is 5.48. The fraction of sp³-hybridized carbons (Fsp3) is 0.0690. The Bertz CT molecular complexity index is 3510. The van der Waals surface area contributed by atoms with Gasteiger partial charge < -0.3 is 9.47 Å². The Morgan fingerprint density at radius 3 is 1.81 bits per heavy atom. The lowest BCUT2D eigenvalue weighted by Crippen LogP contribution is -2.74. The first-order valence-electron chi connectivity index (χ1n) is 22.1. The van der Waals surface area contributed by atoms with Crippen LogP contribution >= 0.6 is 0 Å². The summed E-state index contributed by atoms with van der Waals surface area (Å²) in [6.07, 6.45) is 2.14. The number of nitrogens with zero attached hydrogens (tertiary/aromatic N) is 5. The average Bonchev–Trinajstić information content (AvgIpc) is 3.88. The van der Waals surface area contributed by atoms with E-state index in [-0.39, 0.29) is 5.41 Å². The van der Waals surface area contributed by atoms with Gasteiger partial charge in [0, 0.05) is 46.5 Å². The van der Waals surface area contributed by atoms with Gasteiger partial charge in [-0.2, -0.15) is 0 Å². The molecule has 0 unspecified atom stereocenters. The van der Waals surface area contributed by atoms with Crippen LogP contribution in [0.15, 0.2) is 219 Å². The molecule has 1 aliphatic heterocycles. The zero-order valence-electron chi connectivity index (χ0n) is 36.0. The van der Waals surface area contributed by atoms with Crippen molar-refractivity contribution in [3.8, 4) is 17.1 Å². The second-order valence-electron chi connectivity index (χ2n) is 17.5. The van der Waals surface area contributed by atoms with Gasteiger partial charge in [-0.25, -0.2) is 9.97 Å². The predicted molar refractivity (Wildman–Crippen MR) is 269 cm³/mol. The molecule has 0 saturated heterocycles. The molecule has 0 fully saturated rings. The number of fused-ring (bicyclic) bond motifs is 7. The summed E-state index contributed by atoms with van der Waals surface area (Å²) in [5.74, 6) is 0.954. The Morgan fingerprint density at radius 1 is 0.500 bits per heavy atom. The Morgan fingerprint density at radius 2 is 1.08 bits per heavy atom. The summed E-state index contributed by atoms with van der Waals surface area (Å²) in [7, 11) is -0.895. The van der Waals surface area contributed by atoms with Crippen LogP contribution in [0.4, 0.5) is 17.1 Å². The number of imidazole rings is 1. The van der Waals surface area contributed by atoms with Crippen LogP contribution < -0.4 is 25.6 Å². The Kier molecular flexibility index (Phi) is 8.68. The number of aryl methyl sites for hydroxylation is 1. The Hall–Kier alpha value is -7.80. The smallest absolute Gasteiger partial charge is 0.179 e. The summed E-state index contributed by atoms with van der Waals surface area (Å²) in [4.78, 5) is 13.1. The summed E-state index contributed by atoms with van der Waals surface area (Å²) in [6.45, 7) is 4.68. The van der Waals surface area contributed by atoms with E-state index in [0.717, 1.165) is 50.3 Å². The minimum absolute atomic E-state index is 0.283. The standard InChI is InChI=1S/C58H45N5Si/c1-58(2)48-32-14-17-35-52(48)62(41-22-7-4-8-23-41)55-49(58)39-59-57-54(55)47-31-13-16-34-51(47)63(57)42-24-20-30-46(38-42)64(43-25-9-5-10-26-43,44-27-11-6-12-28-44)45-29-19-21-40(37-45)56-60-50-33-15-18-36-53(50)61(56)3/h4-39H,1-3H3. The molecule has 11 aromatic rings. The van der Waals surface area contributed by atoms with E-state index in [2.05, 4.69) is 253 Å². The van der Waals surface area contributed by atoms with Crippen molar-refractivity contribution in [2.75, 3.05) is 4.90 Å². The average molecular weight is 840 g/mol. The van der Waals surface area contributed by atoms with Crippen molar-refractivity contribution in [1.29, 1.82) is 0 Å². The Labute approximate surface area is 374 Å². The van der Waals surface area contributed by atoms with Gasteiger partial charge in [-0.1, -0.05) is 178 Å². The number of benzene rings is 8. The van der Waals surface area contributed by atoms with E-state index < -0.39 is 8.07 Å². The molecule has 4 heterocycles. The summed E-state index contributed by atoms with van der Waals surface area (Å²) >= 11 is 0. The molecule has 6 heteroatoms. The molecule has 0 bridgehead atoms. The van der Waals surface area contributed by atoms with Crippen LogP contribution in [0.1, 0.15) is 25.0 Å². The largest absolute Gasteiger partial charge is 0.327 e. The van der Waals surface area contributed by atoms with E-state index in [1.54, 1.807) is 0 Å². The molecule has 0 radical (unpaired) electrons. The third-order valence-corrected chi connectivity index (χ3v) is 18.4. The normalized spacial score (nSPS) is 13.3. The van der Waals surface area contributed by atoms with Crippen LogP contribution in [0.2, 0.25) is 0 Å². The second kappa shape index (κ2) is 14.7. The maximum atomic E-state index is 5.48. The molecule has 8 aromatic carbocycles. The molecule has 12 rings (SSSR count). The minimum Gasteiger partial charge on any atom is -0.327 e. The van der Waals surface area contributed by atoms with E-state index in [1.165, 1.54) is 48.6 Å². The fourth-order valence-electron chi connectivity index (χ4n) is 10.7. The molecule has 5 nitrogen and oxygen atoms in total. The van der Waals surface area contributed by atoms with E-state index in [1.807, 2.05) is 0 Å². The van der Waals surface area contributed by atoms with E-state index in [4.69, 9.17) is 9.97 Å². The van der Waals surface area contributed by atoms with Gasteiger partial charge in [0.2, 0.25) is 0 Å². The van der Waals surface area contributed by atoms with Gasteiger partial charge in [-0.3, -0.25) is 4.57 Å². The maximum Gasteiger partial charge on any atom is 0.179 e. The summed E-state index contributed by atoms with van der Waals surface area (Å²) in [5, 5.41) is 7.53. The lowest BCUT2D eigenvalue weighted by atomic mass is 9.73. The summed E-state index contributed by atoms with van der Waals surface area (Å²) in [5.41, 5.74) is 12.1. The number of hydrogen-bond acceptors (Lipinski definition) is 3. The molecule has 1 aliphatic rings. The lowest BCUT2D eigenvalue weighted by Gasteiger charge is -2.42. The number of hydrogen-bond donors (Lipinski definition) is 0. The quantitative estimate of drug-likeness (QED) is 0.119. The minimum atomic E-state index is -3.02. The van der Waals surface area contributed by atoms with E-state index >= 15 is 0 Å². The van der Waals surface area contributed by atoms with Crippen LogP contribution in [0.3, 0.4) is 0 Å². The first-order valence-corrected chi connectivity index (χ1v) is 24.1. The van der Waals surface area contributed by atoms with Gasteiger partial charge >= 0.3 is 0 Å². The van der Waals surface area contributed by atoms with Crippen molar-refractivity contribution >= 4 is 78.9 Å². The van der Waals surface area contributed by atoms with Crippen molar-refractivity contribution < 1.29 is 0 Å². The van der Waals surface area contributed by atoms with Gasteiger partial charge in [0.25, 0.3) is 0 Å². The second-order valence-corrected chi connectivity index (χ2v) is 21.3. The van der Waals surface area contributed by atoms with Gasteiger partial charge in [0.15, 0.2) is 8.07 Å². The highest BCUT2D eigenvalue weighted by Crippen LogP contribution is 2.55. The van der Waals surface area contributed by atoms with Crippen LogP contribution in [-0.4, -0.2) is 27.2 Å². The third-order valence-electron chi connectivity index (χ3n) is 13.7. The molecule has 0 N–H and O–H groups in total. The van der Waals surface area contributed by atoms with Crippen molar-refractivity contribution in [2.24, 2.45) is 7.05 Å². The van der Waals surface area contributed by atoms with Crippen molar-refractivity contribution in [3.05, 3.63) is 230 Å². The number of anilines is 3. The van der Waals surface area contributed by atoms with Gasteiger partial charge in [0.1, 0.15) is 11.5 Å². The number of pyridine rings is 1. The van der Waals surface area contributed by atoms with Gasteiger partial charge in [0.05, 0.1) is 33.3 Å². The topological polar surface area (TPSA) is 38.9 Å². The fourth-order valence-corrected chi connectivity index (χ4v) is 15.5. The molecule has 0 saturated carbocycles. The first kappa shape index (κ1) is 37.9.